The smallest absolute Gasteiger partial charge is 0.426 e. The number of halogens is 4. The molecule has 0 spiro atoms. The predicted molar refractivity (Wildman–Crippen MR) is 130 cm³/mol. The highest BCUT2D eigenvalue weighted by Crippen LogP contribution is 2.45. The van der Waals surface area contributed by atoms with E-state index in [1.807, 2.05) is 46.9 Å². The summed E-state index contributed by atoms with van der Waals surface area (Å²) >= 11 is 1.86. The zero-order valence-corrected chi connectivity index (χ0v) is 21.0. The van der Waals surface area contributed by atoms with Gasteiger partial charge in [0, 0.05) is 3.57 Å². The average molecular weight is 632 g/mol. The van der Waals surface area contributed by atoms with Gasteiger partial charge in [0.05, 0.1) is 0 Å². The molecule has 3 aromatic rings. The SMILES string of the molecule is O=C(OC(CS(=O)(=O)O)C(F)(F)F)c1ccc(I)cc1OC(=O)C1c2ccccc2-c2ccccc21. The van der Waals surface area contributed by atoms with Crippen LogP contribution in [0.4, 0.5) is 13.2 Å². The standard InChI is InChI=1S/C24H16F3IO7S/c25-24(26,27)20(12-36(31,32)33)35-22(29)18-10-9-13(28)11-19(18)34-23(30)21-16-7-3-1-5-14(16)15-6-2-4-8-17(15)21/h1-11,20-21H,12H2,(H,31,32,33). The molecule has 36 heavy (non-hydrogen) atoms. The normalized spacial score (nSPS) is 14.0. The Labute approximate surface area is 217 Å². The van der Waals surface area contributed by atoms with E-state index in [9.17, 15) is 31.2 Å². The summed E-state index contributed by atoms with van der Waals surface area (Å²) in [4.78, 5) is 26.0. The molecule has 0 bridgehead atoms. The lowest BCUT2D eigenvalue weighted by Crippen LogP contribution is -2.39. The van der Waals surface area contributed by atoms with Gasteiger partial charge in [-0.3, -0.25) is 9.35 Å². The first-order valence-electron chi connectivity index (χ1n) is 10.3. The largest absolute Gasteiger partial charge is 0.448 e. The molecule has 1 unspecified atom stereocenters. The maximum absolute atomic E-state index is 13.3. The molecule has 1 aliphatic carbocycles. The van der Waals surface area contributed by atoms with Crippen LogP contribution in [0, 0.1) is 3.57 Å². The van der Waals surface area contributed by atoms with Crippen LogP contribution >= 0.6 is 22.6 Å². The molecule has 1 N–H and O–H groups in total. The Morgan fingerprint density at radius 2 is 1.53 bits per heavy atom. The first-order valence-corrected chi connectivity index (χ1v) is 13.0. The van der Waals surface area contributed by atoms with E-state index in [1.54, 1.807) is 24.3 Å². The van der Waals surface area contributed by atoms with E-state index in [0.717, 1.165) is 17.2 Å². The molecule has 0 saturated heterocycles. The maximum Gasteiger partial charge on any atom is 0.426 e. The number of rotatable bonds is 6. The Morgan fingerprint density at radius 1 is 0.972 bits per heavy atom. The van der Waals surface area contributed by atoms with Gasteiger partial charge < -0.3 is 9.47 Å². The van der Waals surface area contributed by atoms with Crippen molar-refractivity contribution in [1.82, 2.24) is 0 Å². The fourth-order valence-electron chi connectivity index (χ4n) is 3.91. The number of hydrogen-bond donors (Lipinski definition) is 1. The van der Waals surface area contributed by atoms with E-state index in [2.05, 4.69) is 4.74 Å². The first-order chi connectivity index (χ1) is 16.8. The molecule has 7 nitrogen and oxygen atoms in total. The first kappa shape index (κ1) is 26.1. The second kappa shape index (κ2) is 9.82. The highest BCUT2D eigenvalue weighted by molar-refractivity contribution is 14.1. The van der Waals surface area contributed by atoms with Crippen LogP contribution in [0.1, 0.15) is 27.4 Å². The summed E-state index contributed by atoms with van der Waals surface area (Å²) in [5.74, 6) is -5.42. The number of esters is 2. The molecule has 0 aliphatic heterocycles. The molecule has 0 amide bonds. The highest BCUT2D eigenvalue weighted by atomic mass is 127. The van der Waals surface area contributed by atoms with E-state index in [4.69, 9.17) is 9.29 Å². The molecule has 0 aromatic heterocycles. The van der Waals surface area contributed by atoms with Crippen LogP contribution in [0.2, 0.25) is 0 Å². The number of fused-ring (bicyclic) bond motifs is 3. The monoisotopic (exact) mass is 632 g/mol. The summed E-state index contributed by atoms with van der Waals surface area (Å²) in [7, 11) is -5.12. The molecule has 12 heteroatoms. The molecule has 0 saturated carbocycles. The van der Waals surface area contributed by atoms with Crippen molar-refractivity contribution >= 4 is 44.6 Å². The number of benzene rings is 3. The van der Waals surface area contributed by atoms with Gasteiger partial charge in [0.1, 0.15) is 23.0 Å². The highest BCUT2D eigenvalue weighted by Gasteiger charge is 2.46. The van der Waals surface area contributed by atoms with Crippen LogP contribution in [0.5, 0.6) is 5.75 Å². The summed E-state index contributed by atoms with van der Waals surface area (Å²) in [6.07, 6.45) is -8.40. The molecule has 188 valence electrons. The quantitative estimate of drug-likeness (QED) is 0.177. The Morgan fingerprint density at radius 3 is 2.06 bits per heavy atom. The van der Waals surface area contributed by atoms with Gasteiger partial charge in [-0.05, 0) is 63.0 Å². The average Bonchev–Trinajstić information content (AvgIpc) is 3.12. The molecule has 1 atom stereocenters. The molecule has 0 fully saturated rings. The van der Waals surface area contributed by atoms with Crippen LogP contribution in [-0.2, 0) is 19.6 Å². The fraction of sp³-hybridized carbons (Fsp3) is 0.167. The number of ether oxygens (including phenoxy) is 2. The van der Waals surface area contributed by atoms with Crippen LogP contribution < -0.4 is 4.74 Å². The van der Waals surface area contributed by atoms with Gasteiger partial charge in [-0.1, -0.05) is 48.5 Å². The third-order valence-corrected chi connectivity index (χ3v) is 6.81. The van der Waals surface area contributed by atoms with Gasteiger partial charge in [0.25, 0.3) is 10.1 Å². The molecule has 0 heterocycles. The number of carbonyl (C=O) groups is 2. The lowest BCUT2D eigenvalue weighted by atomic mass is 9.97. The number of hydrogen-bond acceptors (Lipinski definition) is 6. The molecular weight excluding hydrogens is 616 g/mol. The van der Waals surface area contributed by atoms with E-state index in [-0.39, 0.29) is 5.75 Å². The van der Waals surface area contributed by atoms with Crippen molar-refractivity contribution in [3.8, 4) is 16.9 Å². The summed E-state index contributed by atoms with van der Waals surface area (Å²) < 4.78 is 81.0. The molecule has 0 radical (unpaired) electrons. The molecule has 1 aliphatic rings. The topological polar surface area (TPSA) is 107 Å². The third kappa shape index (κ3) is 5.55. The predicted octanol–water partition coefficient (Wildman–Crippen LogP) is 4.98. The Bertz CT molecular complexity index is 1410. The van der Waals surface area contributed by atoms with Crippen molar-refractivity contribution < 1.29 is 45.2 Å². The van der Waals surface area contributed by atoms with Crippen LogP contribution in [0.3, 0.4) is 0 Å². The Hall–Kier alpha value is -2.97. The van der Waals surface area contributed by atoms with Crippen molar-refractivity contribution in [2.24, 2.45) is 0 Å². The van der Waals surface area contributed by atoms with Crippen LogP contribution in [-0.4, -0.2) is 42.9 Å². The van der Waals surface area contributed by atoms with Gasteiger partial charge in [0.15, 0.2) is 0 Å². The van der Waals surface area contributed by atoms with Gasteiger partial charge in [0.2, 0.25) is 6.10 Å². The van der Waals surface area contributed by atoms with Gasteiger partial charge in [-0.2, -0.15) is 21.6 Å². The Kier molecular flexibility index (Phi) is 7.12. The minimum absolute atomic E-state index is 0.355. The van der Waals surface area contributed by atoms with E-state index in [0.29, 0.717) is 14.7 Å². The summed E-state index contributed by atoms with van der Waals surface area (Å²) in [5, 5.41) is 0. The summed E-state index contributed by atoms with van der Waals surface area (Å²) in [5.41, 5.74) is 2.48. The van der Waals surface area contributed by atoms with Crippen molar-refractivity contribution in [2.45, 2.75) is 18.2 Å². The Balaban J connectivity index is 1.65. The zero-order chi connectivity index (χ0) is 26.3. The minimum Gasteiger partial charge on any atom is -0.448 e. The van der Waals surface area contributed by atoms with Gasteiger partial charge in [-0.25, -0.2) is 4.79 Å². The minimum atomic E-state index is -5.28. The molecule has 4 rings (SSSR count). The maximum atomic E-state index is 13.3. The second-order valence-corrected chi connectivity index (χ2v) is 10.6. The summed E-state index contributed by atoms with van der Waals surface area (Å²) in [6, 6.07) is 18.1. The van der Waals surface area contributed by atoms with E-state index >= 15 is 0 Å². The van der Waals surface area contributed by atoms with E-state index in [1.165, 1.54) is 12.1 Å². The summed E-state index contributed by atoms with van der Waals surface area (Å²) in [6.45, 7) is 0. The van der Waals surface area contributed by atoms with Crippen molar-refractivity contribution in [1.29, 1.82) is 0 Å². The van der Waals surface area contributed by atoms with Crippen LogP contribution in [0.15, 0.2) is 66.7 Å². The lowest BCUT2D eigenvalue weighted by Gasteiger charge is -2.20. The van der Waals surface area contributed by atoms with Crippen LogP contribution in [0.25, 0.3) is 11.1 Å². The molecular formula is C24H16F3IO7S. The van der Waals surface area contributed by atoms with E-state index < -0.39 is 51.6 Å². The van der Waals surface area contributed by atoms with Crippen molar-refractivity contribution in [3.05, 3.63) is 87.0 Å². The molecule has 3 aromatic carbocycles. The zero-order valence-electron chi connectivity index (χ0n) is 18.0. The van der Waals surface area contributed by atoms with Crippen molar-refractivity contribution in [2.75, 3.05) is 5.75 Å². The third-order valence-electron chi connectivity index (χ3n) is 5.42. The fourth-order valence-corrected chi connectivity index (χ4v) is 5.01. The number of alkyl halides is 3. The second-order valence-electron chi connectivity index (χ2n) is 7.85. The lowest BCUT2D eigenvalue weighted by molar-refractivity contribution is -0.197. The van der Waals surface area contributed by atoms with Gasteiger partial charge in [-0.15, -0.1) is 0 Å². The number of carbonyl (C=O) groups excluding carboxylic acids is 2. The van der Waals surface area contributed by atoms with Crippen molar-refractivity contribution in [3.63, 3.8) is 0 Å². The van der Waals surface area contributed by atoms with Gasteiger partial charge >= 0.3 is 18.1 Å².